The van der Waals surface area contributed by atoms with Crippen LogP contribution in [-0.4, -0.2) is 29.6 Å². The second kappa shape index (κ2) is 7.31. The van der Waals surface area contributed by atoms with Crippen molar-refractivity contribution in [2.45, 2.75) is 33.3 Å². The van der Waals surface area contributed by atoms with E-state index < -0.39 is 17.5 Å². The lowest BCUT2D eigenvalue weighted by Gasteiger charge is -2.22. The first-order valence-electron chi connectivity index (χ1n) is 6.70. The monoisotopic (exact) mass is 313 g/mol. The van der Waals surface area contributed by atoms with Gasteiger partial charge in [0.25, 0.3) is 5.91 Å². The highest BCUT2D eigenvalue weighted by atomic mass is 35.5. The number of para-hydroxylation sites is 1. The van der Waals surface area contributed by atoms with Gasteiger partial charge in [0.05, 0.1) is 10.4 Å². The number of hydrogen-bond acceptors (Lipinski definition) is 3. The third kappa shape index (κ3) is 4.93. The van der Waals surface area contributed by atoms with Gasteiger partial charge in [-0.15, -0.1) is 0 Å². The number of carboxylic acid groups (broad SMARTS) is 1. The number of rotatable bonds is 7. The fourth-order valence-corrected chi connectivity index (χ4v) is 1.69. The molecule has 0 aromatic heterocycles. The van der Waals surface area contributed by atoms with E-state index in [1.807, 2.05) is 6.92 Å². The summed E-state index contributed by atoms with van der Waals surface area (Å²) < 4.78 is 5.59. The molecule has 0 fully saturated rings. The molecule has 0 aliphatic carbocycles. The molecule has 0 bridgehead atoms. The number of aliphatic carboxylic acids is 1. The lowest BCUT2D eigenvalue weighted by Crippen LogP contribution is -2.44. The van der Waals surface area contributed by atoms with Crippen LogP contribution in [0.5, 0.6) is 5.75 Å². The molecule has 0 spiro atoms. The topological polar surface area (TPSA) is 75.6 Å². The number of halogens is 1. The zero-order valence-corrected chi connectivity index (χ0v) is 13.1. The minimum Gasteiger partial charge on any atom is -0.481 e. The molecule has 0 heterocycles. The minimum atomic E-state index is -1.03. The summed E-state index contributed by atoms with van der Waals surface area (Å²) in [7, 11) is 0. The Kier molecular flexibility index (Phi) is 6.03. The fraction of sp³-hybridized carbons (Fsp3) is 0.467. The smallest absolute Gasteiger partial charge is 0.310 e. The summed E-state index contributed by atoms with van der Waals surface area (Å²) in [6.07, 6.45) is -0.264. The number of nitrogens with one attached hydrogen (secondary N) is 1. The van der Waals surface area contributed by atoms with E-state index in [-0.39, 0.29) is 12.5 Å². The summed E-state index contributed by atoms with van der Waals surface area (Å²) >= 11 is 5.99. The van der Waals surface area contributed by atoms with Gasteiger partial charge in [0.15, 0.2) is 6.10 Å². The highest BCUT2D eigenvalue weighted by Gasteiger charge is 2.29. The van der Waals surface area contributed by atoms with Gasteiger partial charge in [0, 0.05) is 6.54 Å². The number of carbonyl (C=O) groups excluding carboxylic acids is 1. The fourth-order valence-electron chi connectivity index (χ4n) is 1.51. The van der Waals surface area contributed by atoms with Crippen LogP contribution in [0.3, 0.4) is 0 Å². The SMILES string of the molecule is CCC(Oc1ccccc1Cl)C(=O)NCC(C)(C)C(=O)O. The molecule has 116 valence electrons. The number of hydrogen-bond donors (Lipinski definition) is 2. The van der Waals surface area contributed by atoms with E-state index in [0.717, 1.165) is 0 Å². The van der Waals surface area contributed by atoms with E-state index in [9.17, 15) is 9.59 Å². The zero-order valence-electron chi connectivity index (χ0n) is 12.4. The highest BCUT2D eigenvalue weighted by molar-refractivity contribution is 6.32. The molecule has 6 heteroatoms. The average Bonchev–Trinajstić information content (AvgIpc) is 2.44. The Hall–Kier alpha value is -1.75. The molecule has 21 heavy (non-hydrogen) atoms. The van der Waals surface area contributed by atoms with E-state index >= 15 is 0 Å². The molecular formula is C15H20ClNO4. The first kappa shape index (κ1) is 17.3. The van der Waals surface area contributed by atoms with Crippen molar-refractivity contribution in [2.75, 3.05) is 6.54 Å². The Morgan fingerprint density at radius 3 is 2.52 bits per heavy atom. The second-order valence-corrected chi connectivity index (χ2v) is 5.76. The van der Waals surface area contributed by atoms with Crippen LogP contribution >= 0.6 is 11.6 Å². The first-order valence-corrected chi connectivity index (χ1v) is 7.08. The third-order valence-electron chi connectivity index (χ3n) is 3.05. The largest absolute Gasteiger partial charge is 0.481 e. The van der Waals surface area contributed by atoms with E-state index in [0.29, 0.717) is 17.2 Å². The molecule has 0 aliphatic heterocycles. The standard InChI is InChI=1S/C15H20ClNO4/c1-4-11(21-12-8-6-5-7-10(12)16)13(18)17-9-15(2,3)14(19)20/h5-8,11H,4,9H2,1-3H3,(H,17,18)(H,19,20). The molecule has 1 unspecified atom stereocenters. The highest BCUT2D eigenvalue weighted by Crippen LogP contribution is 2.25. The van der Waals surface area contributed by atoms with Gasteiger partial charge in [-0.3, -0.25) is 9.59 Å². The number of amides is 1. The number of ether oxygens (including phenoxy) is 1. The predicted molar refractivity (Wildman–Crippen MR) is 80.6 cm³/mol. The van der Waals surface area contributed by atoms with Gasteiger partial charge in [-0.1, -0.05) is 30.7 Å². The molecular weight excluding hydrogens is 294 g/mol. The van der Waals surface area contributed by atoms with Crippen LogP contribution in [0.1, 0.15) is 27.2 Å². The van der Waals surface area contributed by atoms with Gasteiger partial charge >= 0.3 is 5.97 Å². The Balaban J connectivity index is 2.66. The van der Waals surface area contributed by atoms with E-state index in [2.05, 4.69) is 5.32 Å². The molecule has 0 aliphatic rings. The third-order valence-corrected chi connectivity index (χ3v) is 3.36. The van der Waals surface area contributed by atoms with Crippen LogP contribution in [0.2, 0.25) is 5.02 Å². The van der Waals surface area contributed by atoms with Crippen molar-refractivity contribution in [3.63, 3.8) is 0 Å². The Labute approximate surface area is 129 Å². The van der Waals surface area contributed by atoms with E-state index in [1.165, 1.54) is 0 Å². The van der Waals surface area contributed by atoms with Crippen LogP contribution in [0, 0.1) is 5.41 Å². The van der Waals surface area contributed by atoms with E-state index in [4.69, 9.17) is 21.4 Å². The van der Waals surface area contributed by atoms with Crippen LogP contribution in [0.15, 0.2) is 24.3 Å². The van der Waals surface area contributed by atoms with Gasteiger partial charge in [0.1, 0.15) is 5.75 Å². The van der Waals surface area contributed by atoms with Crippen LogP contribution in [0.25, 0.3) is 0 Å². The Morgan fingerprint density at radius 1 is 1.38 bits per heavy atom. The lowest BCUT2D eigenvalue weighted by molar-refractivity contribution is -0.147. The van der Waals surface area contributed by atoms with Gasteiger partial charge in [-0.25, -0.2) is 0 Å². The van der Waals surface area contributed by atoms with Gasteiger partial charge in [-0.2, -0.15) is 0 Å². The quantitative estimate of drug-likeness (QED) is 0.811. The minimum absolute atomic E-state index is 0.0313. The summed E-state index contributed by atoms with van der Waals surface area (Å²) in [5, 5.41) is 12.1. The van der Waals surface area contributed by atoms with Crippen molar-refractivity contribution in [3.05, 3.63) is 29.3 Å². The number of carbonyl (C=O) groups is 2. The van der Waals surface area contributed by atoms with Crippen molar-refractivity contribution in [2.24, 2.45) is 5.41 Å². The van der Waals surface area contributed by atoms with Gasteiger partial charge in [-0.05, 0) is 32.4 Å². The van der Waals surface area contributed by atoms with E-state index in [1.54, 1.807) is 38.1 Å². The molecule has 1 rings (SSSR count). The van der Waals surface area contributed by atoms with Gasteiger partial charge in [0.2, 0.25) is 0 Å². The van der Waals surface area contributed by atoms with Crippen molar-refractivity contribution in [1.29, 1.82) is 0 Å². The average molecular weight is 314 g/mol. The summed E-state index contributed by atoms with van der Waals surface area (Å²) in [4.78, 5) is 23.1. The van der Waals surface area contributed by atoms with Crippen molar-refractivity contribution >= 4 is 23.5 Å². The maximum atomic E-state index is 12.1. The van der Waals surface area contributed by atoms with Crippen LogP contribution in [-0.2, 0) is 9.59 Å². The molecule has 2 N–H and O–H groups in total. The van der Waals surface area contributed by atoms with Crippen molar-refractivity contribution in [3.8, 4) is 5.75 Å². The summed E-state index contributed by atoms with van der Waals surface area (Å²) in [5.41, 5.74) is -1.03. The Bertz CT molecular complexity index is 516. The molecule has 1 amide bonds. The Morgan fingerprint density at radius 2 is 2.00 bits per heavy atom. The molecule has 0 radical (unpaired) electrons. The molecule has 1 atom stereocenters. The van der Waals surface area contributed by atoms with Crippen LogP contribution in [0.4, 0.5) is 0 Å². The molecule has 1 aromatic carbocycles. The summed E-state index contributed by atoms with van der Waals surface area (Å²) in [6, 6.07) is 6.89. The first-order chi connectivity index (χ1) is 9.77. The predicted octanol–water partition coefficient (Wildman–Crippen LogP) is 2.72. The second-order valence-electron chi connectivity index (χ2n) is 5.35. The van der Waals surface area contributed by atoms with Crippen molar-refractivity contribution < 1.29 is 19.4 Å². The summed E-state index contributed by atoms with van der Waals surface area (Å²) in [5.74, 6) is -0.895. The lowest BCUT2D eigenvalue weighted by atomic mass is 9.94. The zero-order chi connectivity index (χ0) is 16.0. The normalized spacial score (nSPS) is 12.6. The summed E-state index contributed by atoms with van der Waals surface area (Å²) in [6.45, 7) is 4.93. The molecule has 0 saturated carbocycles. The maximum Gasteiger partial charge on any atom is 0.310 e. The van der Waals surface area contributed by atoms with Crippen LogP contribution < -0.4 is 10.1 Å². The number of carboxylic acids is 1. The molecule has 5 nitrogen and oxygen atoms in total. The molecule has 1 aromatic rings. The van der Waals surface area contributed by atoms with Crippen molar-refractivity contribution in [1.82, 2.24) is 5.32 Å². The molecule has 0 saturated heterocycles. The number of benzene rings is 1. The maximum absolute atomic E-state index is 12.1. The van der Waals surface area contributed by atoms with Gasteiger partial charge < -0.3 is 15.2 Å².